The Morgan fingerprint density at radius 1 is 1.10 bits per heavy atom. The first-order valence-electron chi connectivity index (χ1n) is 9.05. The first-order chi connectivity index (χ1) is 14.5. The molecule has 0 N–H and O–H groups in total. The lowest BCUT2D eigenvalue weighted by atomic mass is 10.1. The smallest absolute Gasteiger partial charge is 0.165 e. The molecule has 4 rings (SSSR count). The second-order valence-corrected chi connectivity index (χ2v) is 7.88. The summed E-state index contributed by atoms with van der Waals surface area (Å²) in [6, 6.07) is 5.64. The molecule has 0 aliphatic carbocycles. The van der Waals surface area contributed by atoms with Crippen LogP contribution < -0.4 is 14.4 Å². The summed E-state index contributed by atoms with van der Waals surface area (Å²) < 4.78 is 10.7. The van der Waals surface area contributed by atoms with E-state index in [0.717, 1.165) is 11.8 Å². The lowest BCUT2D eigenvalue weighted by Crippen LogP contribution is -2.21. The Labute approximate surface area is 188 Å². The third-order valence-electron chi connectivity index (χ3n) is 5.00. The molecule has 1 atom stereocenters. The Morgan fingerprint density at radius 2 is 1.80 bits per heavy atom. The fourth-order valence-corrected chi connectivity index (χ4v) is 4.31. The van der Waals surface area contributed by atoms with Crippen molar-refractivity contribution in [3.05, 3.63) is 33.5 Å². The molecule has 1 unspecified atom stereocenters. The number of pyridine rings is 1. The van der Waals surface area contributed by atoms with E-state index < -0.39 is 0 Å². The van der Waals surface area contributed by atoms with Crippen molar-refractivity contribution >= 4 is 51.5 Å². The molecule has 0 spiro atoms. The number of fused-ring (bicyclic) bond motifs is 1. The Kier molecular flexibility index (Phi) is 5.74. The van der Waals surface area contributed by atoms with Crippen molar-refractivity contribution in [2.24, 2.45) is 5.92 Å². The lowest BCUT2D eigenvalue weighted by molar-refractivity contribution is 0.395. The Hall–Kier alpha value is -2.53. The average Bonchev–Trinajstić information content (AvgIpc) is 3.23. The van der Waals surface area contributed by atoms with E-state index in [9.17, 15) is 5.26 Å². The molecule has 0 saturated carbocycles. The van der Waals surface area contributed by atoms with Gasteiger partial charge in [0, 0.05) is 24.5 Å². The SMILES string of the molecule is COc1cc(OC)c(Cl)c(-c2nc(N3CCC(C#N)C3)c3cc(Cl)ncc3n2)c1Cl. The summed E-state index contributed by atoms with van der Waals surface area (Å²) in [6.45, 7) is 1.25. The predicted octanol–water partition coefficient (Wildman–Crippen LogP) is 5.02. The molecule has 1 aliphatic heterocycles. The van der Waals surface area contributed by atoms with Crippen LogP contribution in [0, 0.1) is 17.2 Å². The number of nitriles is 1. The van der Waals surface area contributed by atoms with Gasteiger partial charge in [0.15, 0.2) is 5.82 Å². The van der Waals surface area contributed by atoms with Crippen molar-refractivity contribution in [2.45, 2.75) is 6.42 Å². The Morgan fingerprint density at radius 3 is 2.40 bits per heavy atom. The highest BCUT2D eigenvalue weighted by Gasteiger charge is 2.27. The van der Waals surface area contributed by atoms with E-state index in [0.29, 0.717) is 52.5 Å². The fraction of sp³-hybridized carbons (Fsp3) is 0.300. The van der Waals surface area contributed by atoms with E-state index in [4.69, 9.17) is 49.3 Å². The van der Waals surface area contributed by atoms with Gasteiger partial charge in [-0.25, -0.2) is 15.0 Å². The summed E-state index contributed by atoms with van der Waals surface area (Å²) in [4.78, 5) is 15.6. The molecule has 0 bridgehead atoms. The lowest BCUT2D eigenvalue weighted by Gasteiger charge is -2.20. The number of methoxy groups -OCH3 is 2. The van der Waals surface area contributed by atoms with E-state index in [2.05, 4.69) is 16.0 Å². The van der Waals surface area contributed by atoms with E-state index in [1.807, 2.05) is 4.90 Å². The van der Waals surface area contributed by atoms with Gasteiger partial charge < -0.3 is 14.4 Å². The zero-order valence-corrected chi connectivity index (χ0v) is 18.4. The minimum absolute atomic E-state index is 0.0696. The van der Waals surface area contributed by atoms with Gasteiger partial charge in [-0.05, 0) is 12.5 Å². The van der Waals surface area contributed by atoms with E-state index in [-0.39, 0.29) is 16.0 Å². The molecule has 10 heteroatoms. The van der Waals surface area contributed by atoms with Gasteiger partial charge in [-0.2, -0.15) is 5.26 Å². The van der Waals surface area contributed by atoms with Gasteiger partial charge in [0.2, 0.25) is 0 Å². The van der Waals surface area contributed by atoms with Crippen molar-refractivity contribution in [3.63, 3.8) is 0 Å². The van der Waals surface area contributed by atoms with Crippen molar-refractivity contribution in [1.29, 1.82) is 5.26 Å². The van der Waals surface area contributed by atoms with Gasteiger partial charge in [-0.3, -0.25) is 0 Å². The molecule has 0 amide bonds. The Balaban J connectivity index is 1.98. The second-order valence-electron chi connectivity index (χ2n) is 6.74. The maximum absolute atomic E-state index is 9.31. The maximum Gasteiger partial charge on any atom is 0.165 e. The van der Waals surface area contributed by atoms with Crippen LogP contribution in [0.5, 0.6) is 11.5 Å². The van der Waals surface area contributed by atoms with Crippen molar-refractivity contribution in [2.75, 3.05) is 32.2 Å². The molecule has 1 aromatic carbocycles. The molecule has 3 aromatic rings. The number of anilines is 1. The minimum atomic E-state index is -0.0696. The van der Waals surface area contributed by atoms with Gasteiger partial charge in [0.05, 0.1) is 53.5 Å². The quantitative estimate of drug-likeness (QED) is 0.501. The van der Waals surface area contributed by atoms with Crippen LogP contribution >= 0.6 is 34.8 Å². The molecule has 2 aromatic heterocycles. The first kappa shape index (κ1) is 20.7. The normalized spacial score (nSPS) is 16.0. The van der Waals surface area contributed by atoms with Gasteiger partial charge in [-0.1, -0.05) is 34.8 Å². The fourth-order valence-electron chi connectivity index (χ4n) is 3.48. The van der Waals surface area contributed by atoms with Gasteiger partial charge >= 0.3 is 0 Å². The van der Waals surface area contributed by atoms with Crippen LogP contribution in [0.2, 0.25) is 15.2 Å². The highest BCUT2D eigenvalue weighted by atomic mass is 35.5. The molecule has 30 heavy (non-hydrogen) atoms. The summed E-state index contributed by atoms with van der Waals surface area (Å²) >= 11 is 19.3. The molecule has 3 heterocycles. The van der Waals surface area contributed by atoms with Crippen LogP contribution in [-0.2, 0) is 0 Å². The van der Waals surface area contributed by atoms with Crippen LogP contribution in [0.4, 0.5) is 5.82 Å². The van der Waals surface area contributed by atoms with Crippen LogP contribution in [0.1, 0.15) is 6.42 Å². The van der Waals surface area contributed by atoms with Gasteiger partial charge in [0.25, 0.3) is 0 Å². The van der Waals surface area contributed by atoms with Crippen molar-refractivity contribution < 1.29 is 9.47 Å². The van der Waals surface area contributed by atoms with Gasteiger partial charge in [0.1, 0.15) is 22.5 Å². The standard InChI is InChI=1S/C20H16Cl3N5O2/c1-29-13-6-14(30-2)18(23)16(17(13)22)19-26-12-8-25-15(21)5-11(12)20(27-19)28-4-3-10(7-24)9-28/h5-6,8,10H,3-4,9H2,1-2H3. The molecule has 154 valence electrons. The summed E-state index contributed by atoms with van der Waals surface area (Å²) in [5.41, 5.74) is 0.970. The van der Waals surface area contributed by atoms with Gasteiger partial charge in [-0.15, -0.1) is 0 Å². The van der Waals surface area contributed by atoms with Crippen LogP contribution in [0.25, 0.3) is 22.3 Å². The molecular weight excluding hydrogens is 449 g/mol. The number of halogens is 3. The average molecular weight is 465 g/mol. The molecule has 7 nitrogen and oxygen atoms in total. The monoisotopic (exact) mass is 463 g/mol. The topological polar surface area (TPSA) is 84.2 Å². The second kappa shape index (κ2) is 8.31. The number of benzene rings is 1. The summed E-state index contributed by atoms with van der Waals surface area (Å²) in [6.07, 6.45) is 2.33. The molecule has 1 fully saturated rings. The summed E-state index contributed by atoms with van der Waals surface area (Å²) in [5.74, 6) is 1.65. The zero-order valence-electron chi connectivity index (χ0n) is 16.1. The molecule has 0 radical (unpaired) electrons. The molecular formula is C20H16Cl3N5O2. The number of nitrogens with zero attached hydrogens (tertiary/aromatic N) is 5. The van der Waals surface area contributed by atoms with E-state index in [1.165, 1.54) is 14.2 Å². The van der Waals surface area contributed by atoms with Crippen LogP contribution in [0.3, 0.4) is 0 Å². The largest absolute Gasteiger partial charge is 0.495 e. The third kappa shape index (κ3) is 3.56. The van der Waals surface area contributed by atoms with Crippen molar-refractivity contribution in [3.8, 4) is 29.0 Å². The highest BCUT2D eigenvalue weighted by Crippen LogP contribution is 2.45. The molecule has 1 aliphatic rings. The Bertz CT molecular complexity index is 1150. The number of aromatic nitrogens is 3. The van der Waals surface area contributed by atoms with Crippen LogP contribution in [-0.4, -0.2) is 42.3 Å². The summed E-state index contributed by atoms with van der Waals surface area (Å²) in [5, 5.41) is 10.9. The van der Waals surface area contributed by atoms with Crippen LogP contribution in [0.15, 0.2) is 18.3 Å². The highest BCUT2D eigenvalue weighted by molar-refractivity contribution is 6.41. The summed E-state index contributed by atoms with van der Waals surface area (Å²) in [7, 11) is 3.01. The number of hydrogen-bond acceptors (Lipinski definition) is 7. The van der Waals surface area contributed by atoms with E-state index in [1.54, 1.807) is 18.3 Å². The number of rotatable bonds is 4. The van der Waals surface area contributed by atoms with Crippen molar-refractivity contribution in [1.82, 2.24) is 15.0 Å². The maximum atomic E-state index is 9.31. The third-order valence-corrected chi connectivity index (χ3v) is 5.95. The number of hydrogen-bond donors (Lipinski definition) is 0. The minimum Gasteiger partial charge on any atom is -0.495 e. The predicted molar refractivity (Wildman–Crippen MR) is 117 cm³/mol. The number of ether oxygens (including phenoxy) is 2. The first-order valence-corrected chi connectivity index (χ1v) is 10.2. The van der Waals surface area contributed by atoms with E-state index >= 15 is 0 Å². The molecule has 1 saturated heterocycles. The zero-order chi connectivity index (χ0) is 21.4.